The zero-order valence-electron chi connectivity index (χ0n) is 12.0. The molecule has 1 aliphatic heterocycles. The van der Waals surface area contributed by atoms with E-state index in [9.17, 15) is 4.79 Å². The first-order chi connectivity index (χ1) is 10.8. The lowest BCUT2D eigenvalue weighted by molar-refractivity contribution is -0.123. The molecule has 3 aromatic rings. The molecule has 1 amide bonds. The number of amides is 1. The predicted octanol–water partition coefficient (Wildman–Crippen LogP) is 2.68. The molecule has 112 valence electrons. The van der Waals surface area contributed by atoms with Gasteiger partial charge >= 0.3 is 0 Å². The Morgan fingerprint density at radius 1 is 1.23 bits per heavy atom. The van der Waals surface area contributed by atoms with Crippen molar-refractivity contribution in [2.24, 2.45) is 5.92 Å². The molecule has 4 rings (SSSR count). The lowest BCUT2D eigenvalue weighted by Crippen LogP contribution is -2.35. The average molecular weight is 312 g/mol. The van der Waals surface area contributed by atoms with Gasteiger partial charge in [0.05, 0.1) is 16.6 Å². The highest BCUT2D eigenvalue weighted by molar-refractivity contribution is 7.99. The first-order valence-corrected chi connectivity index (χ1v) is 8.48. The van der Waals surface area contributed by atoms with Gasteiger partial charge in [-0.25, -0.2) is 4.98 Å². The van der Waals surface area contributed by atoms with Gasteiger partial charge in [-0.05, 0) is 36.4 Å². The maximum absolute atomic E-state index is 12.1. The van der Waals surface area contributed by atoms with Crippen molar-refractivity contribution < 1.29 is 4.79 Å². The van der Waals surface area contributed by atoms with Crippen LogP contribution in [0.3, 0.4) is 0 Å². The van der Waals surface area contributed by atoms with Crippen molar-refractivity contribution in [2.45, 2.75) is 6.42 Å². The Bertz CT molecular complexity index is 838. The molecule has 22 heavy (non-hydrogen) atoms. The van der Waals surface area contributed by atoms with E-state index in [-0.39, 0.29) is 11.8 Å². The fraction of sp³-hybridized carbons (Fsp3) is 0.250. The second-order valence-electron chi connectivity index (χ2n) is 5.39. The van der Waals surface area contributed by atoms with Crippen molar-refractivity contribution in [2.75, 3.05) is 16.9 Å². The maximum Gasteiger partial charge on any atom is 0.242 e. The van der Waals surface area contributed by atoms with Gasteiger partial charge in [-0.1, -0.05) is 12.1 Å². The third-order valence-corrected chi connectivity index (χ3v) is 5.13. The Balaban J connectivity index is 1.65. The number of hydrogen-bond acceptors (Lipinski definition) is 4. The molecule has 0 bridgehead atoms. The molecule has 2 N–H and O–H groups in total. The van der Waals surface area contributed by atoms with Gasteiger partial charge in [-0.15, -0.1) is 0 Å². The van der Waals surface area contributed by atoms with Crippen LogP contribution in [-0.4, -0.2) is 26.8 Å². The molecule has 1 aliphatic rings. The highest BCUT2D eigenvalue weighted by Crippen LogP contribution is 2.24. The predicted molar refractivity (Wildman–Crippen MR) is 89.9 cm³/mol. The molecular formula is C16H16N4OS. The number of carbonyl (C=O) groups is 1. The summed E-state index contributed by atoms with van der Waals surface area (Å²) in [6, 6.07) is 11.9. The smallest absolute Gasteiger partial charge is 0.242 e. The first kappa shape index (κ1) is 13.5. The quantitative estimate of drug-likeness (QED) is 0.730. The number of nitrogens with one attached hydrogen (secondary N) is 2. The van der Waals surface area contributed by atoms with E-state index in [1.165, 1.54) is 0 Å². The summed E-state index contributed by atoms with van der Waals surface area (Å²) in [7, 11) is 0. The van der Waals surface area contributed by atoms with Gasteiger partial charge in [-0.3, -0.25) is 15.6 Å². The molecule has 2 aromatic heterocycles. The summed E-state index contributed by atoms with van der Waals surface area (Å²) in [6.07, 6.45) is 2.95. The summed E-state index contributed by atoms with van der Waals surface area (Å²) in [6.45, 7) is 0. The van der Waals surface area contributed by atoms with Crippen LogP contribution in [0.15, 0.2) is 42.6 Å². The van der Waals surface area contributed by atoms with Gasteiger partial charge in [0.2, 0.25) is 5.91 Å². The number of carbonyl (C=O) groups excluding carboxylic acids is 1. The number of thioether (sulfide) groups is 1. The highest BCUT2D eigenvalue weighted by atomic mass is 32.2. The maximum atomic E-state index is 12.1. The van der Waals surface area contributed by atoms with Crippen molar-refractivity contribution in [3.05, 3.63) is 42.6 Å². The second kappa shape index (κ2) is 5.53. The largest absolute Gasteiger partial charge is 0.312 e. The number of para-hydroxylation sites is 2. The van der Waals surface area contributed by atoms with Gasteiger partial charge in [0.1, 0.15) is 0 Å². The summed E-state index contributed by atoms with van der Waals surface area (Å²) < 4.78 is 2.07. The molecule has 0 radical (unpaired) electrons. The van der Waals surface area contributed by atoms with E-state index in [1.807, 2.05) is 54.4 Å². The van der Waals surface area contributed by atoms with Crippen LogP contribution < -0.4 is 10.9 Å². The van der Waals surface area contributed by atoms with Crippen LogP contribution >= 0.6 is 11.8 Å². The number of benzene rings is 1. The van der Waals surface area contributed by atoms with Gasteiger partial charge in [0.15, 0.2) is 5.82 Å². The van der Waals surface area contributed by atoms with Crippen LogP contribution in [0.25, 0.3) is 16.6 Å². The normalized spacial score (nSPS) is 17.9. The van der Waals surface area contributed by atoms with E-state index < -0.39 is 0 Å². The van der Waals surface area contributed by atoms with Crippen molar-refractivity contribution in [3.8, 4) is 0 Å². The molecule has 0 saturated carbocycles. The standard InChI is InChI=1S/C16H16N4OS/c21-16(11-7-9-22-10-11)19-18-15-14-6-3-8-20(14)13-5-2-1-4-12(13)17-15/h1-6,8,11H,7,9-10H2,(H,17,18)(H,19,21). The molecule has 1 aromatic carbocycles. The summed E-state index contributed by atoms with van der Waals surface area (Å²) in [5, 5.41) is 0. The minimum atomic E-state index is 0.0460. The molecule has 1 saturated heterocycles. The second-order valence-corrected chi connectivity index (χ2v) is 6.54. The van der Waals surface area contributed by atoms with Crippen LogP contribution in [0.2, 0.25) is 0 Å². The topological polar surface area (TPSA) is 58.4 Å². The number of nitrogens with zero attached hydrogens (tertiary/aromatic N) is 2. The van der Waals surface area contributed by atoms with E-state index in [0.29, 0.717) is 5.82 Å². The van der Waals surface area contributed by atoms with Gasteiger partial charge in [0.25, 0.3) is 0 Å². The molecular weight excluding hydrogens is 296 g/mol. The van der Waals surface area contributed by atoms with Crippen molar-refractivity contribution in [1.29, 1.82) is 0 Å². The number of aromatic nitrogens is 2. The molecule has 1 unspecified atom stereocenters. The Hall–Kier alpha value is -2.21. The van der Waals surface area contributed by atoms with Gasteiger partial charge < -0.3 is 4.40 Å². The van der Waals surface area contributed by atoms with E-state index in [0.717, 1.165) is 34.5 Å². The SMILES string of the molecule is O=C(NNc1nc2ccccc2n2cccc12)C1CCSC1. The zero-order valence-corrected chi connectivity index (χ0v) is 12.8. The van der Waals surface area contributed by atoms with Crippen LogP contribution in [0, 0.1) is 5.92 Å². The number of fused-ring (bicyclic) bond motifs is 3. The molecule has 0 aliphatic carbocycles. The highest BCUT2D eigenvalue weighted by Gasteiger charge is 2.23. The average Bonchev–Trinajstić information content (AvgIpc) is 3.23. The van der Waals surface area contributed by atoms with Crippen molar-refractivity contribution in [1.82, 2.24) is 14.8 Å². The number of anilines is 1. The Labute approximate surface area is 132 Å². The van der Waals surface area contributed by atoms with Gasteiger partial charge in [-0.2, -0.15) is 11.8 Å². The fourth-order valence-electron chi connectivity index (χ4n) is 2.78. The molecule has 0 spiro atoms. The first-order valence-electron chi connectivity index (χ1n) is 7.32. The van der Waals surface area contributed by atoms with Crippen LogP contribution in [0.1, 0.15) is 6.42 Å². The Morgan fingerprint density at radius 2 is 2.09 bits per heavy atom. The fourth-order valence-corrected chi connectivity index (χ4v) is 4.00. The van der Waals surface area contributed by atoms with Gasteiger partial charge in [0, 0.05) is 17.9 Å². The van der Waals surface area contributed by atoms with Crippen LogP contribution in [0.5, 0.6) is 0 Å². The summed E-state index contributed by atoms with van der Waals surface area (Å²) >= 11 is 1.83. The number of rotatable bonds is 3. The lowest BCUT2D eigenvalue weighted by atomic mass is 10.1. The summed E-state index contributed by atoms with van der Waals surface area (Å²) in [4.78, 5) is 16.8. The molecule has 6 heteroatoms. The van der Waals surface area contributed by atoms with E-state index in [2.05, 4.69) is 20.2 Å². The zero-order chi connectivity index (χ0) is 14.9. The minimum absolute atomic E-state index is 0.0460. The van der Waals surface area contributed by atoms with Crippen molar-refractivity contribution in [3.63, 3.8) is 0 Å². The summed E-state index contributed by atoms with van der Waals surface area (Å²) in [5.41, 5.74) is 8.69. The van der Waals surface area contributed by atoms with Crippen molar-refractivity contribution >= 4 is 40.0 Å². The van der Waals surface area contributed by atoms with E-state index in [1.54, 1.807) is 0 Å². The molecule has 1 atom stereocenters. The van der Waals surface area contributed by atoms with E-state index >= 15 is 0 Å². The third-order valence-electron chi connectivity index (χ3n) is 3.97. The lowest BCUT2D eigenvalue weighted by Gasteiger charge is -2.13. The molecule has 5 nitrogen and oxygen atoms in total. The third kappa shape index (κ3) is 2.29. The van der Waals surface area contributed by atoms with Crippen LogP contribution in [-0.2, 0) is 4.79 Å². The van der Waals surface area contributed by atoms with Crippen LogP contribution in [0.4, 0.5) is 5.82 Å². The summed E-state index contributed by atoms with van der Waals surface area (Å²) in [5.74, 6) is 2.78. The van der Waals surface area contributed by atoms with E-state index in [4.69, 9.17) is 0 Å². The Morgan fingerprint density at radius 3 is 2.95 bits per heavy atom. The number of hydrogen-bond donors (Lipinski definition) is 2. The molecule has 1 fully saturated rings. The monoisotopic (exact) mass is 312 g/mol. The number of hydrazine groups is 1. The molecule has 3 heterocycles. The Kier molecular flexibility index (Phi) is 3.38. The minimum Gasteiger partial charge on any atom is -0.312 e.